The Morgan fingerprint density at radius 3 is 2.96 bits per heavy atom. The molecule has 7 nitrogen and oxygen atoms in total. The molecule has 0 aromatic carbocycles. The standard InChI is InChI=1S/C18H23N5O2/c1-22-8-13(6-21-22)9-23-10-16-15(12-25-17(16)11-23)7-20-18(24)14-2-4-19-5-3-14/h2-6,8,15-17H,7,9-12H2,1H3,(H,20,24)/t15-,16-,17-/m1/s1. The van der Waals surface area contributed by atoms with Crippen molar-refractivity contribution in [1.82, 2.24) is 25.0 Å². The van der Waals surface area contributed by atoms with Gasteiger partial charge in [-0.05, 0) is 12.1 Å². The molecular formula is C18H23N5O2. The number of likely N-dealkylation sites (tertiary alicyclic amines) is 1. The van der Waals surface area contributed by atoms with Crippen LogP contribution in [0, 0.1) is 11.8 Å². The predicted octanol–water partition coefficient (Wildman–Crippen LogP) is 0.692. The number of ether oxygens (including phenoxy) is 1. The average molecular weight is 341 g/mol. The van der Waals surface area contributed by atoms with Crippen LogP contribution in [0.2, 0.25) is 0 Å². The van der Waals surface area contributed by atoms with Crippen molar-refractivity contribution >= 4 is 5.91 Å². The molecule has 132 valence electrons. The maximum absolute atomic E-state index is 12.2. The van der Waals surface area contributed by atoms with E-state index in [2.05, 4.69) is 26.5 Å². The van der Waals surface area contributed by atoms with Gasteiger partial charge in [-0.15, -0.1) is 0 Å². The van der Waals surface area contributed by atoms with E-state index >= 15 is 0 Å². The third-order valence-corrected chi connectivity index (χ3v) is 5.15. The second-order valence-corrected chi connectivity index (χ2v) is 6.96. The molecule has 2 aliphatic rings. The van der Waals surface area contributed by atoms with E-state index in [4.69, 9.17) is 4.74 Å². The molecule has 7 heteroatoms. The van der Waals surface area contributed by atoms with E-state index in [0.29, 0.717) is 23.9 Å². The number of fused-ring (bicyclic) bond motifs is 1. The second kappa shape index (κ2) is 6.93. The number of amides is 1. The molecule has 25 heavy (non-hydrogen) atoms. The number of carbonyl (C=O) groups is 1. The summed E-state index contributed by atoms with van der Waals surface area (Å²) in [5.74, 6) is 0.806. The first-order valence-corrected chi connectivity index (χ1v) is 8.69. The van der Waals surface area contributed by atoms with Crippen molar-refractivity contribution in [2.24, 2.45) is 18.9 Å². The number of hydrogen-bond acceptors (Lipinski definition) is 5. The summed E-state index contributed by atoms with van der Waals surface area (Å²) in [7, 11) is 1.94. The lowest BCUT2D eigenvalue weighted by molar-refractivity contribution is 0.0903. The third-order valence-electron chi connectivity index (χ3n) is 5.15. The first kappa shape index (κ1) is 16.2. The maximum Gasteiger partial charge on any atom is 0.251 e. The van der Waals surface area contributed by atoms with Crippen LogP contribution in [-0.4, -0.2) is 57.9 Å². The van der Waals surface area contributed by atoms with Crippen molar-refractivity contribution in [2.75, 3.05) is 26.2 Å². The molecule has 3 atom stereocenters. The summed E-state index contributed by atoms with van der Waals surface area (Å²) < 4.78 is 7.81. The summed E-state index contributed by atoms with van der Waals surface area (Å²) >= 11 is 0. The van der Waals surface area contributed by atoms with E-state index in [1.54, 1.807) is 24.5 Å². The summed E-state index contributed by atoms with van der Waals surface area (Å²) in [5, 5.41) is 7.27. The monoisotopic (exact) mass is 341 g/mol. The van der Waals surface area contributed by atoms with Crippen molar-refractivity contribution in [1.29, 1.82) is 0 Å². The lowest BCUT2D eigenvalue weighted by Crippen LogP contribution is -2.34. The van der Waals surface area contributed by atoms with Crippen molar-refractivity contribution in [2.45, 2.75) is 12.6 Å². The van der Waals surface area contributed by atoms with E-state index in [1.165, 1.54) is 5.56 Å². The van der Waals surface area contributed by atoms with Gasteiger partial charge in [0.2, 0.25) is 0 Å². The molecule has 2 aromatic heterocycles. The number of aromatic nitrogens is 3. The molecule has 2 saturated heterocycles. The van der Waals surface area contributed by atoms with Crippen LogP contribution >= 0.6 is 0 Å². The zero-order valence-corrected chi connectivity index (χ0v) is 14.3. The maximum atomic E-state index is 12.2. The van der Waals surface area contributed by atoms with E-state index < -0.39 is 0 Å². The van der Waals surface area contributed by atoms with Crippen LogP contribution in [0.4, 0.5) is 0 Å². The van der Waals surface area contributed by atoms with Gasteiger partial charge in [0.25, 0.3) is 5.91 Å². The molecule has 2 aromatic rings. The largest absolute Gasteiger partial charge is 0.376 e. The fourth-order valence-electron chi connectivity index (χ4n) is 3.86. The first-order valence-electron chi connectivity index (χ1n) is 8.69. The first-order chi connectivity index (χ1) is 12.2. The van der Waals surface area contributed by atoms with Crippen molar-refractivity contribution < 1.29 is 9.53 Å². The van der Waals surface area contributed by atoms with Crippen LogP contribution in [-0.2, 0) is 18.3 Å². The molecule has 2 fully saturated rings. The van der Waals surface area contributed by atoms with E-state index in [-0.39, 0.29) is 12.0 Å². The summed E-state index contributed by atoms with van der Waals surface area (Å²) in [6, 6.07) is 3.46. The zero-order chi connectivity index (χ0) is 17.2. The molecular weight excluding hydrogens is 318 g/mol. The molecule has 0 unspecified atom stereocenters. The predicted molar refractivity (Wildman–Crippen MR) is 91.8 cm³/mol. The highest BCUT2D eigenvalue weighted by atomic mass is 16.5. The van der Waals surface area contributed by atoms with Crippen LogP contribution in [0.1, 0.15) is 15.9 Å². The van der Waals surface area contributed by atoms with Crippen molar-refractivity contribution in [3.8, 4) is 0 Å². The average Bonchev–Trinajstić information content (AvgIpc) is 3.30. The van der Waals surface area contributed by atoms with Crippen LogP contribution in [0.15, 0.2) is 36.9 Å². The van der Waals surface area contributed by atoms with Gasteiger partial charge in [0, 0.05) is 74.8 Å². The smallest absolute Gasteiger partial charge is 0.251 e. The quantitative estimate of drug-likeness (QED) is 0.866. The topological polar surface area (TPSA) is 72.3 Å². The fourth-order valence-corrected chi connectivity index (χ4v) is 3.86. The lowest BCUT2D eigenvalue weighted by atomic mass is 9.93. The number of aryl methyl sites for hydroxylation is 1. The van der Waals surface area contributed by atoms with Crippen LogP contribution in [0.5, 0.6) is 0 Å². The number of pyridine rings is 1. The highest BCUT2D eigenvalue weighted by Gasteiger charge is 2.43. The van der Waals surface area contributed by atoms with Gasteiger partial charge in [-0.1, -0.05) is 0 Å². The van der Waals surface area contributed by atoms with Gasteiger partial charge < -0.3 is 10.1 Å². The van der Waals surface area contributed by atoms with Crippen LogP contribution in [0.3, 0.4) is 0 Å². The summed E-state index contributed by atoms with van der Waals surface area (Å²) in [4.78, 5) is 18.6. The second-order valence-electron chi connectivity index (χ2n) is 6.96. The minimum atomic E-state index is -0.0453. The molecule has 0 spiro atoms. The van der Waals surface area contributed by atoms with Gasteiger partial charge in [0.05, 0.1) is 18.9 Å². The Morgan fingerprint density at radius 2 is 2.20 bits per heavy atom. The van der Waals surface area contributed by atoms with Crippen molar-refractivity contribution in [3.05, 3.63) is 48.0 Å². The summed E-state index contributed by atoms with van der Waals surface area (Å²) in [6.07, 6.45) is 7.52. The van der Waals surface area contributed by atoms with Crippen LogP contribution in [0.25, 0.3) is 0 Å². The molecule has 2 aliphatic heterocycles. The van der Waals surface area contributed by atoms with Gasteiger partial charge in [-0.3, -0.25) is 19.4 Å². The van der Waals surface area contributed by atoms with E-state index in [0.717, 1.165) is 26.2 Å². The molecule has 0 saturated carbocycles. The molecule has 1 N–H and O–H groups in total. The van der Waals surface area contributed by atoms with E-state index in [1.807, 2.05) is 17.9 Å². The van der Waals surface area contributed by atoms with E-state index in [9.17, 15) is 4.79 Å². The van der Waals surface area contributed by atoms with Gasteiger partial charge >= 0.3 is 0 Å². The Kier molecular flexibility index (Phi) is 4.50. The van der Waals surface area contributed by atoms with Crippen LogP contribution < -0.4 is 5.32 Å². The van der Waals surface area contributed by atoms with Gasteiger partial charge in [-0.25, -0.2) is 0 Å². The number of hydrogen-bond donors (Lipinski definition) is 1. The third kappa shape index (κ3) is 3.57. The fraction of sp³-hybridized carbons (Fsp3) is 0.500. The van der Waals surface area contributed by atoms with Crippen molar-refractivity contribution in [3.63, 3.8) is 0 Å². The molecule has 0 aliphatic carbocycles. The Hall–Kier alpha value is -2.25. The number of carbonyl (C=O) groups excluding carboxylic acids is 1. The van der Waals surface area contributed by atoms with Gasteiger partial charge in [0.15, 0.2) is 0 Å². The Labute approximate surface area is 147 Å². The molecule has 4 rings (SSSR count). The normalized spacial score (nSPS) is 25.9. The molecule has 0 radical (unpaired) electrons. The summed E-state index contributed by atoms with van der Waals surface area (Å²) in [6.45, 7) is 4.25. The minimum Gasteiger partial charge on any atom is -0.376 e. The number of rotatable bonds is 5. The molecule has 0 bridgehead atoms. The molecule has 1 amide bonds. The SMILES string of the molecule is Cn1cc(CN2C[C@@H]3[C@H](CNC(=O)c4ccncc4)CO[C@@H]3C2)cn1. The minimum absolute atomic E-state index is 0.0453. The highest BCUT2D eigenvalue weighted by Crippen LogP contribution is 2.34. The Bertz CT molecular complexity index is 732. The Balaban J connectivity index is 1.30. The Morgan fingerprint density at radius 1 is 1.36 bits per heavy atom. The summed E-state index contributed by atoms with van der Waals surface area (Å²) in [5.41, 5.74) is 1.88. The number of nitrogens with zero attached hydrogens (tertiary/aromatic N) is 4. The lowest BCUT2D eigenvalue weighted by Gasteiger charge is -2.19. The highest BCUT2D eigenvalue weighted by molar-refractivity contribution is 5.93. The number of nitrogens with one attached hydrogen (secondary N) is 1. The zero-order valence-electron chi connectivity index (χ0n) is 14.3. The van der Waals surface area contributed by atoms with Gasteiger partial charge in [-0.2, -0.15) is 5.10 Å². The van der Waals surface area contributed by atoms with Gasteiger partial charge in [0.1, 0.15) is 0 Å². The molecule has 4 heterocycles.